The number of benzene rings is 1. The Kier molecular flexibility index (Phi) is 9.93. The van der Waals surface area contributed by atoms with Crippen molar-refractivity contribution in [2.24, 2.45) is 11.8 Å². The van der Waals surface area contributed by atoms with E-state index in [1.165, 1.54) is 0 Å². The number of likely N-dealkylation sites (tertiary alicyclic amines) is 1. The fraction of sp³-hybridized carbons (Fsp3) is 0.690. The van der Waals surface area contributed by atoms with E-state index in [0.717, 1.165) is 38.0 Å². The van der Waals surface area contributed by atoms with E-state index in [1.807, 2.05) is 31.2 Å². The highest BCUT2D eigenvalue weighted by Gasteiger charge is 2.76. The van der Waals surface area contributed by atoms with Crippen LogP contribution in [0.1, 0.15) is 59.3 Å². The number of nitrogens with zero attached hydrogens (tertiary/aromatic N) is 2. The molecule has 0 aliphatic carbocycles. The summed E-state index contributed by atoms with van der Waals surface area (Å²) in [6.07, 6.45) is 3.95. The summed E-state index contributed by atoms with van der Waals surface area (Å²) in [4.78, 5) is 45.0. The summed E-state index contributed by atoms with van der Waals surface area (Å²) in [5, 5.41) is 15.1. The number of hydrogen-bond donors (Lipinski definition) is 3. The van der Waals surface area contributed by atoms with E-state index in [0.29, 0.717) is 38.0 Å². The van der Waals surface area contributed by atoms with Crippen LogP contribution in [0.2, 0.25) is 0 Å². The van der Waals surface area contributed by atoms with E-state index in [-0.39, 0.29) is 29.2 Å². The molecule has 4 rings (SSSR count). The summed E-state index contributed by atoms with van der Waals surface area (Å²) < 4.78 is 6.54. The summed E-state index contributed by atoms with van der Waals surface area (Å²) >= 11 is 3.71. The van der Waals surface area contributed by atoms with E-state index in [4.69, 9.17) is 9.84 Å². The molecule has 1 aromatic rings. The summed E-state index contributed by atoms with van der Waals surface area (Å²) in [5.41, 5.74) is 0.685. The second-order valence-corrected chi connectivity index (χ2v) is 12.0. The molecule has 3 unspecified atom stereocenters. The zero-order valence-electron chi connectivity index (χ0n) is 23.3. The summed E-state index contributed by atoms with van der Waals surface area (Å²) in [7, 11) is 0. The van der Waals surface area contributed by atoms with Gasteiger partial charge < -0.3 is 30.3 Å². The highest BCUT2D eigenvalue weighted by Crippen LogP contribution is 2.60. The van der Waals surface area contributed by atoms with Crippen molar-refractivity contribution in [1.29, 1.82) is 0 Å². The van der Waals surface area contributed by atoms with Crippen LogP contribution in [0.5, 0.6) is 0 Å². The Morgan fingerprint density at radius 1 is 1.10 bits per heavy atom. The molecule has 9 nitrogen and oxygen atoms in total. The lowest BCUT2D eigenvalue weighted by Gasteiger charge is -2.34. The van der Waals surface area contributed by atoms with Crippen molar-refractivity contribution in [2.45, 2.75) is 81.9 Å². The van der Waals surface area contributed by atoms with E-state index in [9.17, 15) is 14.4 Å². The zero-order chi connectivity index (χ0) is 28.2. The van der Waals surface area contributed by atoms with Crippen LogP contribution in [-0.4, -0.2) is 83.1 Å². The minimum atomic E-state index is -1.06. The van der Waals surface area contributed by atoms with E-state index >= 15 is 0 Å². The van der Waals surface area contributed by atoms with Crippen molar-refractivity contribution in [2.75, 3.05) is 43.0 Å². The minimum Gasteiger partial charge on any atom is -0.396 e. The third-order valence-corrected chi connectivity index (χ3v) is 9.30. The van der Waals surface area contributed by atoms with Crippen LogP contribution in [0.4, 0.5) is 11.4 Å². The Morgan fingerprint density at radius 2 is 1.79 bits per heavy atom. The number of rotatable bonds is 14. The fourth-order valence-corrected chi connectivity index (χ4v) is 7.58. The molecule has 39 heavy (non-hydrogen) atoms. The number of carbonyl (C=O) groups is 3. The van der Waals surface area contributed by atoms with Crippen molar-refractivity contribution in [1.82, 2.24) is 10.2 Å². The number of nitrogens with one attached hydrogen (secondary N) is 2. The fourth-order valence-electron chi connectivity index (χ4n) is 6.64. The second-order valence-electron chi connectivity index (χ2n) is 10.8. The zero-order valence-corrected chi connectivity index (χ0v) is 24.9. The van der Waals surface area contributed by atoms with E-state index in [1.54, 1.807) is 4.90 Å². The Hall–Kier alpha value is -2.17. The SMILES string of the molecule is CCCNC(=O)[C@H]1[C@@H]2OC3(CC2Br)C(C(=O)Nc2ccc(N(CC)CC)cc2)N(CCCCCCO)C(=O)[C@H]13. The molecule has 6 atom stereocenters. The number of ether oxygens (including phenoxy) is 1. The molecule has 3 amide bonds. The van der Waals surface area contributed by atoms with Gasteiger partial charge in [-0.2, -0.15) is 0 Å². The third-order valence-electron chi connectivity index (χ3n) is 8.46. The predicted octanol–water partition coefficient (Wildman–Crippen LogP) is 3.30. The molecule has 0 radical (unpaired) electrons. The normalized spacial score (nSPS) is 29.0. The molecule has 3 aliphatic heterocycles. The molecule has 3 aliphatic rings. The van der Waals surface area contributed by atoms with Gasteiger partial charge in [0.25, 0.3) is 0 Å². The first-order valence-corrected chi connectivity index (χ1v) is 15.4. The number of aliphatic hydroxyl groups is 1. The number of halogens is 1. The van der Waals surface area contributed by atoms with Crippen molar-refractivity contribution in [3.63, 3.8) is 0 Å². The van der Waals surface area contributed by atoms with Gasteiger partial charge in [0.05, 0.1) is 17.9 Å². The van der Waals surface area contributed by atoms with Crippen LogP contribution < -0.4 is 15.5 Å². The van der Waals surface area contributed by atoms with Gasteiger partial charge in [-0.1, -0.05) is 35.7 Å². The number of fused-ring (bicyclic) bond motifs is 1. The van der Waals surface area contributed by atoms with Crippen LogP contribution in [0, 0.1) is 11.8 Å². The molecule has 216 valence electrons. The monoisotopic (exact) mass is 606 g/mol. The molecular weight excluding hydrogens is 564 g/mol. The summed E-state index contributed by atoms with van der Waals surface area (Å²) in [6.45, 7) is 9.06. The quantitative estimate of drug-likeness (QED) is 0.221. The maximum atomic E-state index is 14.0. The number of hydrogen-bond acceptors (Lipinski definition) is 6. The van der Waals surface area contributed by atoms with Crippen molar-refractivity contribution in [3.05, 3.63) is 24.3 Å². The molecule has 3 saturated heterocycles. The molecule has 0 saturated carbocycles. The second kappa shape index (κ2) is 13.0. The van der Waals surface area contributed by atoms with E-state index in [2.05, 4.69) is 45.3 Å². The number of unbranched alkanes of at least 4 members (excludes halogenated alkanes) is 3. The van der Waals surface area contributed by atoms with Crippen LogP contribution >= 0.6 is 15.9 Å². The van der Waals surface area contributed by atoms with Gasteiger partial charge in [0.15, 0.2) is 0 Å². The highest BCUT2D eigenvalue weighted by molar-refractivity contribution is 9.09. The van der Waals surface area contributed by atoms with Gasteiger partial charge in [-0.05, 0) is 63.8 Å². The van der Waals surface area contributed by atoms with E-state index < -0.39 is 29.6 Å². The van der Waals surface area contributed by atoms with Crippen molar-refractivity contribution < 1.29 is 24.2 Å². The number of anilines is 2. The molecule has 1 aromatic carbocycles. The standard InChI is InChI=1S/C29H43BrN4O5/c1-4-15-31-26(36)22-23-28(38)34(16-9-7-8-10-17-35)25(29(23)18-21(30)24(22)39-29)27(37)32-19-11-13-20(14-12-19)33(5-2)6-3/h11-14,21-25,35H,4-10,15-18H2,1-3H3,(H,31,36)(H,32,37)/t21?,22-,23+,24-,25?,29?/m1/s1. The summed E-state index contributed by atoms with van der Waals surface area (Å²) in [5.74, 6) is -1.96. The average molecular weight is 608 g/mol. The van der Waals surface area contributed by atoms with Gasteiger partial charge in [0.1, 0.15) is 11.6 Å². The molecular formula is C29H43BrN4O5. The highest BCUT2D eigenvalue weighted by atomic mass is 79.9. The lowest BCUT2D eigenvalue weighted by atomic mass is 9.70. The molecule has 3 N–H and O–H groups in total. The smallest absolute Gasteiger partial charge is 0.250 e. The Balaban J connectivity index is 1.60. The van der Waals surface area contributed by atoms with Crippen LogP contribution in [0.15, 0.2) is 24.3 Å². The lowest BCUT2D eigenvalue weighted by molar-refractivity contribution is -0.140. The Morgan fingerprint density at radius 3 is 2.44 bits per heavy atom. The number of amides is 3. The van der Waals surface area contributed by atoms with Crippen LogP contribution in [-0.2, 0) is 19.1 Å². The third kappa shape index (κ3) is 5.70. The Labute approximate surface area is 240 Å². The van der Waals surface area contributed by atoms with Gasteiger partial charge in [0, 0.05) is 49.0 Å². The van der Waals surface area contributed by atoms with Gasteiger partial charge in [-0.3, -0.25) is 14.4 Å². The van der Waals surface area contributed by atoms with Crippen LogP contribution in [0.3, 0.4) is 0 Å². The maximum Gasteiger partial charge on any atom is 0.250 e. The van der Waals surface area contributed by atoms with Crippen molar-refractivity contribution >= 4 is 45.0 Å². The number of aliphatic hydroxyl groups excluding tert-OH is 1. The molecule has 3 heterocycles. The Bertz CT molecular complexity index is 1020. The summed E-state index contributed by atoms with van der Waals surface area (Å²) in [6, 6.07) is 6.92. The predicted molar refractivity (Wildman–Crippen MR) is 155 cm³/mol. The molecule has 0 aromatic heterocycles. The van der Waals surface area contributed by atoms with Gasteiger partial charge >= 0.3 is 0 Å². The average Bonchev–Trinajstić information content (AvgIpc) is 3.52. The first-order chi connectivity index (χ1) is 18.8. The molecule has 2 bridgehead atoms. The largest absolute Gasteiger partial charge is 0.396 e. The lowest BCUT2D eigenvalue weighted by Crippen LogP contribution is -2.54. The molecule has 1 spiro atoms. The molecule has 10 heteroatoms. The first-order valence-electron chi connectivity index (χ1n) is 14.5. The number of alkyl halides is 1. The maximum absolute atomic E-state index is 14.0. The number of carbonyl (C=O) groups excluding carboxylic acids is 3. The van der Waals surface area contributed by atoms with Crippen molar-refractivity contribution in [3.8, 4) is 0 Å². The van der Waals surface area contributed by atoms with Gasteiger partial charge in [0.2, 0.25) is 17.7 Å². The topological polar surface area (TPSA) is 111 Å². The van der Waals surface area contributed by atoms with Crippen LogP contribution in [0.25, 0.3) is 0 Å². The van der Waals surface area contributed by atoms with Gasteiger partial charge in [-0.25, -0.2) is 0 Å². The minimum absolute atomic E-state index is 0.118. The van der Waals surface area contributed by atoms with Gasteiger partial charge in [-0.15, -0.1) is 0 Å². The molecule has 3 fully saturated rings. The first kappa shape index (κ1) is 29.8.